The maximum absolute atomic E-state index is 12.7. The van der Waals surface area contributed by atoms with Crippen molar-refractivity contribution < 1.29 is 18.3 Å². The maximum atomic E-state index is 12.7. The van der Waals surface area contributed by atoms with Crippen molar-refractivity contribution in [2.24, 2.45) is 0 Å². The third kappa shape index (κ3) is 7.80. The summed E-state index contributed by atoms with van der Waals surface area (Å²) in [5.41, 5.74) is 2.46. The Hall–Kier alpha value is -4.30. The highest BCUT2D eigenvalue weighted by molar-refractivity contribution is 7.92. The van der Waals surface area contributed by atoms with Crippen LogP contribution in [-0.2, 0) is 23.1 Å². The summed E-state index contributed by atoms with van der Waals surface area (Å²) >= 11 is 0.983. The van der Waals surface area contributed by atoms with E-state index >= 15 is 0 Å². The van der Waals surface area contributed by atoms with Gasteiger partial charge >= 0.3 is 0 Å². The number of amides is 1. The summed E-state index contributed by atoms with van der Waals surface area (Å²) in [6.07, 6.45) is 3.35. The quantitative estimate of drug-likeness (QED) is 0.131. The number of carbonyl (C=O) groups excluding carboxylic acids is 1. The van der Waals surface area contributed by atoms with Crippen LogP contribution < -0.4 is 20.1 Å². The first-order valence-electron chi connectivity index (χ1n) is 14.0. The average molecular weight is 635 g/mol. The van der Waals surface area contributed by atoms with Crippen molar-refractivity contribution in [2.75, 3.05) is 11.3 Å². The zero-order valence-corrected chi connectivity index (χ0v) is 25.9. The summed E-state index contributed by atoms with van der Waals surface area (Å²) in [5.74, 6) is -0.276. The van der Waals surface area contributed by atoms with Gasteiger partial charge in [0.2, 0.25) is 4.74 Å². The zero-order valence-electron chi connectivity index (χ0n) is 24.3. The third-order valence-electron chi connectivity index (χ3n) is 7.21. The first-order valence-corrected chi connectivity index (χ1v) is 16.3. The Morgan fingerprint density at radius 2 is 1.89 bits per heavy atom. The fraction of sp³-hybridized carbons (Fsp3) is 0.258. The topological polar surface area (TPSA) is 158 Å². The van der Waals surface area contributed by atoms with Crippen LogP contribution in [0.25, 0.3) is 11.0 Å². The number of hydrogen-bond acceptors (Lipinski definition) is 8. The molecule has 44 heavy (non-hydrogen) atoms. The highest BCUT2D eigenvalue weighted by atomic mass is 32.2. The SMILES string of the molecule is CC(C)(CCn1ccc2cc(C(=O)NCc3cc(=O)s[nH]3)cnc21)NC[C@H](O)c1cccc(NS(=O)(=O)c2ccccc2)c1. The van der Waals surface area contributed by atoms with Gasteiger partial charge in [0, 0.05) is 53.9 Å². The van der Waals surface area contributed by atoms with E-state index in [1.807, 2.05) is 30.7 Å². The van der Waals surface area contributed by atoms with E-state index in [-0.39, 0.29) is 34.2 Å². The van der Waals surface area contributed by atoms with Crippen LogP contribution in [0, 0.1) is 0 Å². The van der Waals surface area contributed by atoms with E-state index < -0.39 is 16.1 Å². The summed E-state index contributed by atoms with van der Waals surface area (Å²) in [6.45, 7) is 5.25. The normalized spacial score (nSPS) is 12.7. The Morgan fingerprint density at radius 1 is 1.09 bits per heavy atom. The number of sulfonamides is 1. The molecule has 0 saturated heterocycles. The van der Waals surface area contributed by atoms with Crippen molar-refractivity contribution >= 4 is 44.2 Å². The molecule has 0 aliphatic carbocycles. The zero-order chi connectivity index (χ0) is 31.3. The minimum Gasteiger partial charge on any atom is -0.387 e. The fourth-order valence-electron chi connectivity index (χ4n) is 4.67. The fourth-order valence-corrected chi connectivity index (χ4v) is 6.30. The van der Waals surface area contributed by atoms with Crippen molar-refractivity contribution in [3.63, 3.8) is 0 Å². The van der Waals surface area contributed by atoms with Gasteiger partial charge in [0.25, 0.3) is 15.9 Å². The molecule has 0 spiro atoms. The van der Waals surface area contributed by atoms with Crippen LogP contribution in [0.5, 0.6) is 0 Å². The molecule has 0 unspecified atom stereocenters. The number of hydrogen-bond donors (Lipinski definition) is 5. The molecular formula is C31H34N6O5S2. The molecule has 2 aromatic carbocycles. The average Bonchev–Trinajstić information content (AvgIpc) is 3.63. The third-order valence-corrected chi connectivity index (χ3v) is 9.29. The van der Waals surface area contributed by atoms with E-state index in [1.165, 1.54) is 18.2 Å². The molecule has 13 heteroatoms. The Morgan fingerprint density at radius 3 is 2.64 bits per heavy atom. The minimum absolute atomic E-state index is 0.0924. The van der Waals surface area contributed by atoms with Gasteiger partial charge in [-0.25, -0.2) is 13.4 Å². The molecule has 0 bridgehead atoms. The van der Waals surface area contributed by atoms with Crippen LogP contribution in [0.2, 0.25) is 0 Å². The number of nitrogens with one attached hydrogen (secondary N) is 4. The Labute approximate surface area is 259 Å². The highest BCUT2D eigenvalue weighted by Gasteiger charge is 2.21. The molecule has 11 nitrogen and oxygen atoms in total. The van der Waals surface area contributed by atoms with E-state index in [0.717, 1.165) is 29.0 Å². The lowest BCUT2D eigenvalue weighted by molar-refractivity contribution is 0.0950. The van der Waals surface area contributed by atoms with Crippen molar-refractivity contribution in [3.8, 4) is 0 Å². The molecule has 1 atom stereocenters. The molecule has 0 fully saturated rings. The molecule has 1 amide bonds. The molecule has 0 aliphatic rings. The molecule has 0 radical (unpaired) electrons. The van der Waals surface area contributed by atoms with Gasteiger partial charge in [-0.1, -0.05) is 30.3 Å². The van der Waals surface area contributed by atoms with E-state index in [0.29, 0.717) is 29.1 Å². The van der Waals surface area contributed by atoms with Crippen LogP contribution >= 0.6 is 11.5 Å². The molecule has 230 valence electrons. The number of aliphatic hydroxyl groups excluding tert-OH is 1. The molecule has 3 heterocycles. The van der Waals surface area contributed by atoms with Crippen molar-refractivity contribution in [1.29, 1.82) is 0 Å². The highest BCUT2D eigenvalue weighted by Crippen LogP contribution is 2.22. The van der Waals surface area contributed by atoms with Gasteiger partial charge in [0.05, 0.1) is 23.1 Å². The van der Waals surface area contributed by atoms with Crippen LogP contribution in [0.3, 0.4) is 0 Å². The molecular weight excluding hydrogens is 601 g/mol. The Bertz CT molecular complexity index is 1910. The minimum atomic E-state index is -3.74. The summed E-state index contributed by atoms with van der Waals surface area (Å²) < 4.78 is 32.8. The number of rotatable bonds is 13. The van der Waals surface area contributed by atoms with Gasteiger partial charge in [-0.15, -0.1) is 0 Å². The molecule has 5 aromatic rings. The number of benzene rings is 2. The monoisotopic (exact) mass is 634 g/mol. The van der Waals surface area contributed by atoms with Gasteiger partial charge in [-0.2, -0.15) is 0 Å². The van der Waals surface area contributed by atoms with Gasteiger partial charge in [-0.05, 0) is 73.8 Å². The van der Waals surface area contributed by atoms with Crippen LogP contribution in [-0.4, -0.2) is 45.4 Å². The Balaban J connectivity index is 1.14. The van der Waals surface area contributed by atoms with E-state index in [4.69, 9.17) is 0 Å². The number of β-amino-alcohol motifs (C(OH)–C–C–N with tert-alkyl or cyclic N) is 1. The number of H-pyrrole nitrogens is 1. The van der Waals surface area contributed by atoms with Crippen LogP contribution in [0.15, 0.2) is 94.9 Å². The predicted octanol–water partition coefficient (Wildman–Crippen LogP) is 4.01. The molecule has 3 aromatic heterocycles. The second kappa shape index (κ2) is 13.1. The standard InChI is InChI=1S/C31H34N6O5S2/c1-31(2,34-20-27(38)21-7-6-8-24(16-21)36-44(41,42)26-9-4-3-5-10-26)12-14-37-13-11-22-15-23(18-32-29(22)37)30(40)33-19-25-17-28(39)43-35-25/h3-11,13,15-18,27,34-36,38H,12,14,19-20H2,1-2H3,(H,33,40)/t27-/m0/s1. The maximum Gasteiger partial charge on any atom is 0.261 e. The number of anilines is 1. The second-order valence-electron chi connectivity index (χ2n) is 11.1. The smallest absolute Gasteiger partial charge is 0.261 e. The van der Waals surface area contributed by atoms with Gasteiger partial charge in [-0.3, -0.25) is 14.3 Å². The van der Waals surface area contributed by atoms with Crippen LogP contribution in [0.4, 0.5) is 5.69 Å². The first-order chi connectivity index (χ1) is 21.0. The summed E-state index contributed by atoms with van der Waals surface area (Å²) in [7, 11) is -3.74. The van der Waals surface area contributed by atoms with E-state index in [9.17, 15) is 23.1 Å². The number of aryl methyl sites for hydroxylation is 1. The number of aromatic nitrogens is 3. The lowest BCUT2D eigenvalue weighted by atomic mass is 9.99. The second-order valence-corrected chi connectivity index (χ2v) is 13.6. The molecule has 0 aliphatic heterocycles. The van der Waals surface area contributed by atoms with E-state index in [2.05, 4.69) is 24.7 Å². The van der Waals surface area contributed by atoms with Crippen LogP contribution in [0.1, 0.15) is 48.0 Å². The van der Waals surface area contributed by atoms with E-state index in [1.54, 1.807) is 54.7 Å². The Kier molecular flexibility index (Phi) is 9.30. The molecule has 5 rings (SSSR count). The summed E-state index contributed by atoms with van der Waals surface area (Å²) in [6, 6.07) is 20.0. The van der Waals surface area contributed by atoms with Crippen molar-refractivity contribution in [2.45, 2.75) is 49.9 Å². The summed E-state index contributed by atoms with van der Waals surface area (Å²) in [5, 5.41) is 17.9. The number of carbonyl (C=O) groups is 1. The number of fused-ring (bicyclic) bond motifs is 1. The predicted molar refractivity (Wildman–Crippen MR) is 171 cm³/mol. The number of aliphatic hydroxyl groups is 1. The lowest BCUT2D eigenvalue weighted by Crippen LogP contribution is -2.42. The van der Waals surface area contributed by atoms with Crippen molar-refractivity contribution in [1.82, 2.24) is 24.6 Å². The van der Waals surface area contributed by atoms with Gasteiger partial charge in [0.15, 0.2) is 0 Å². The molecule has 0 saturated carbocycles. The number of pyridine rings is 1. The number of nitrogens with zero attached hydrogens (tertiary/aromatic N) is 2. The van der Waals surface area contributed by atoms with Gasteiger partial charge < -0.3 is 24.7 Å². The van der Waals surface area contributed by atoms with Crippen molar-refractivity contribution in [3.05, 3.63) is 112 Å². The molecule has 5 N–H and O–H groups in total. The summed E-state index contributed by atoms with van der Waals surface area (Å²) in [4.78, 5) is 28.6. The first kappa shape index (κ1) is 31.1. The largest absolute Gasteiger partial charge is 0.387 e. The number of aromatic amines is 1. The van der Waals surface area contributed by atoms with Gasteiger partial charge in [0.1, 0.15) is 5.65 Å². The lowest BCUT2D eigenvalue weighted by Gasteiger charge is -2.28.